The van der Waals surface area contributed by atoms with E-state index in [-0.39, 0.29) is 0 Å². The number of ether oxygens (including phenoxy) is 1. The molecule has 2 aromatic rings. The SMILES string of the molecule is C[Si](C)(C)CCOCn1nc(N2CCC2)c2cc(N)ccc21. The van der Waals surface area contributed by atoms with Crippen molar-refractivity contribution in [2.45, 2.75) is 38.8 Å². The summed E-state index contributed by atoms with van der Waals surface area (Å²) in [6.45, 7) is 10.6. The molecule has 0 aliphatic carbocycles. The number of nitrogen functional groups attached to an aromatic ring is 1. The molecule has 2 heterocycles. The van der Waals surface area contributed by atoms with Gasteiger partial charge in [-0.1, -0.05) is 19.6 Å². The van der Waals surface area contributed by atoms with Gasteiger partial charge in [-0.2, -0.15) is 5.10 Å². The highest BCUT2D eigenvalue weighted by atomic mass is 28.3. The van der Waals surface area contributed by atoms with Gasteiger partial charge in [0.2, 0.25) is 0 Å². The molecule has 0 bridgehead atoms. The van der Waals surface area contributed by atoms with Crippen molar-refractivity contribution in [1.82, 2.24) is 9.78 Å². The minimum atomic E-state index is -1.05. The van der Waals surface area contributed by atoms with Crippen LogP contribution in [0.1, 0.15) is 6.42 Å². The first-order valence-corrected chi connectivity index (χ1v) is 11.7. The van der Waals surface area contributed by atoms with Gasteiger partial charge in [-0.3, -0.25) is 0 Å². The smallest absolute Gasteiger partial charge is 0.158 e. The summed E-state index contributed by atoms with van der Waals surface area (Å²) in [5.74, 6) is 1.04. The molecule has 1 saturated heterocycles. The van der Waals surface area contributed by atoms with Gasteiger partial charge in [0.15, 0.2) is 5.82 Å². The molecule has 0 unspecified atom stereocenters. The van der Waals surface area contributed by atoms with Crippen molar-refractivity contribution >= 4 is 30.5 Å². The Labute approximate surface area is 133 Å². The lowest BCUT2D eigenvalue weighted by Crippen LogP contribution is -2.37. The third-order valence-electron chi connectivity index (χ3n) is 4.12. The van der Waals surface area contributed by atoms with E-state index in [0.29, 0.717) is 6.73 Å². The zero-order valence-electron chi connectivity index (χ0n) is 13.8. The average Bonchev–Trinajstić information content (AvgIpc) is 2.70. The maximum Gasteiger partial charge on any atom is 0.158 e. The maximum atomic E-state index is 5.95. The van der Waals surface area contributed by atoms with Gasteiger partial charge in [-0.05, 0) is 30.7 Å². The number of rotatable bonds is 6. The van der Waals surface area contributed by atoms with Crippen LogP contribution >= 0.6 is 0 Å². The zero-order chi connectivity index (χ0) is 15.7. The van der Waals surface area contributed by atoms with Gasteiger partial charge in [0.1, 0.15) is 6.73 Å². The van der Waals surface area contributed by atoms with Crippen molar-refractivity contribution in [1.29, 1.82) is 0 Å². The number of aromatic nitrogens is 2. The Morgan fingerprint density at radius 1 is 1.27 bits per heavy atom. The van der Waals surface area contributed by atoms with Gasteiger partial charge < -0.3 is 15.4 Å². The van der Waals surface area contributed by atoms with E-state index >= 15 is 0 Å². The summed E-state index contributed by atoms with van der Waals surface area (Å²) >= 11 is 0. The number of anilines is 2. The third kappa shape index (κ3) is 3.28. The fraction of sp³-hybridized carbons (Fsp3) is 0.562. The van der Waals surface area contributed by atoms with E-state index in [1.165, 1.54) is 12.5 Å². The molecule has 1 aliphatic heterocycles. The van der Waals surface area contributed by atoms with E-state index in [2.05, 4.69) is 24.5 Å². The lowest BCUT2D eigenvalue weighted by molar-refractivity contribution is 0.0818. The molecular weight excluding hydrogens is 292 g/mol. The number of nitrogens with two attached hydrogens (primary N) is 1. The topological polar surface area (TPSA) is 56.3 Å². The van der Waals surface area contributed by atoms with Gasteiger partial charge >= 0.3 is 0 Å². The van der Waals surface area contributed by atoms with Crippen LogP contribution in [0.3, 0.4) is 0 Å². The Bertz CT molecular complexity index is 658. The van der Waals surface area contributed by atoms with E-state index in [1.807, 2.05) is 22.9 Å². The second-order valence-corrected chi connectivity index (χ2v) is 12.9. The van der Waals surface area contributed by atoms with Gasteiger partial charge in [-0.25, -0.2) is 4.68 Å². The molecule has 1 fully saturated rings. The Hall–Kier alpha value is -1.53. The lowest BCUT2D eigenvalue weighted by Gasteiger charge is -2.31. The number of nitrogens with zero attached hydrogens (tertiary/aromatic N) is 3. The number of fused-ring (bicyclic) bond motifs is 1. The largest absolute Gasteiger partial charge is 0.399 e. The van der Waals surface area contributed by atoms with Crippen LogP contribution in [0.2, 0.25) is 25.7 Å². The molecule has 6 heteroatoms. The maximum absolute atomic E-state index is 5.95. The van der Waals surface area contributed by atoms with Crippen molar-refractivity contribution in [3.05, 3.63) is 18.2 Å². The first-order valence-electron chi connectivity index (χ1n) is 8.03. The number of benzene rings is 1. The third-order valence-corrected chi connectivity index (χ3v) is 5.82. The van der Waals surface area contributed by atoms with Crippen LogP contribution in [-0.2, 0) is 11.5 Å². The fourth-order valence-corrected chi connectivity index (χ4v) is 3.33. The monoisotopic (exact) mass is 318 g/mol. The molecule has 3 rings (SSSR count). The first-order chi connectivity index (χ1) is 10.4. The van der Waals surface area contributed by atoms with Crippen LogP contribution in [0.5, 0.6) is 0 Å². The van der Waals surface area contributed by atoms with Crippen LogP contribution in [0, 0.1) is 0 Å². The second-order valence-electron chi connectivity index (χ2n) is 7.29. The molecule has 2 N–H and O–H groups in total. The van der Waals surface area contributed by atoms with Gasteiger partial charge in [0, 0.05) is 38.8 Å². The Morgan fingerprint density at radius 2 is 2.05 bits per heavy atom. The zero-order valence-corrected chi connectivity index (χ0v) is 14.8. The molecule has 0 amide bonds. The molecule has 1 aromatic carbocycles. The summed E-state index contributed by atoms with van der Waals surface area (Å²) in [5, 5.41) is 5.89. The lowest BCUT2D eigenvalue weighted by atomic mass is 10.1. The highest BCUT2D eigenvalue weighted by molar-refractivity contribution is 6.76. The molecule has 0 saturated carbocycles. The fourth-order valence-electron chi connectivity index (χ4n) is 2.57. The van der Waals surface area contributed by atoms with Crippen molar-refractivity contribution < 1.29 is 4.74 Å². The Balaban J connectivity index is 1.77. The van der Waals surface area contributed by atoms with Gasteiger partial charge in [0.25, 0.3) is 0 Å². The van der Waals surface area contributed by atoms with Crippen molar-refractivity contribution in [2.75, 3.05) is 30.3 Å². The summed E-state index contributed by atoms with van der Waals surface area (Å²) in [7, 11) is -1.05. The van der Waals surface area contributed by atoms with Crippen LogP contribution in [0.15, 0.2) is 18.2 Å². The highest BCUT2D eigenvalue weighted by Gasteiger charge is 2.21. The highest BCUT2D eigenvalue weighted by Crippen LogP contribution is 2.30. The van der Waals surface area contributed by atoms with Crippen LogP contribution < -0.4 is 10.6 Å². The Morgan fingerprint density at radius 3 is 2.68 bits per heavy atom. The molecule has 120 valence electrons. The number of hydrogen-bond acceptors (Lipinski definition) is 4. The van der Waals surface area contributed by atoms with Crippen molar-refractivity contribution in [3.8, 4) is 0 Å². The minimum Gasteiger partial charge on any atom is -0.399 e. The standard InChI is InChI=1S/C16H26N4OSi/c1-22(2,3)10-9-21-12-20-15-6-5-13(17)11-14(15)16(18-20)19-7-4-8-19/h5-6,11H,4,7-10,12,17H2,1-3H3. The van der Waals surface area contributed by atoms with Crippen LogP contribution in [0.25, 0.3) is 10.9 Å². The molecule has 22 heavy (non-hydrogen) atoms. The van der Waals surface area contributed by atoms with Crippen LogP contribution in [0.4, 0.5) is 11.5 Å². The summed E-state index contributed by atoms with van der Waals surface area (Å²) in [4.78, 5) is 2.31. The van der Waals surface area contributed by atoms with Gasteiger partial charge in [-0.15, -0.1) is 0 Å². The molecule has 0 atom stereocenters. The van der Waals surface area contributed by atoms with E-state index in [4.69, 9.17) is 15.6 Å². The quantitative estimate of drug-likeness (QED) is 0.505. The summed E-state index contributed by atoms with van der Waals surface area (Å²) < 4.78 is 7.83. The summed E-state index contributed by atoms with van der Waals surface area (Å²) in [5.41, 5.74) is 7.84. The van der Waals surface area contributed by atoms with E-state index in [0.717, 1.165) is 42.1 Å². The molecule has 1 aromatic heterocycles. The molecule has 0 radical (unpaired) electrons. The van der Waals surface area contributed by atoms with Crippen molar-refractivity contribution in [2.24, 2.45) is 0 Å². The van der Waals surface area contributed by atoms with Crippen LogP contribution in [-0.4, -0.2) is 37.6 Å². The van der Waals surface area contributed by atoms with Crippen molar-refractivity contribution in [3.63, 3.8) is 0 Å². The molecular formula is C16H26N4OSi. The molecule has 5 nitrogen and oxygen atoms in total. The molecule has 1 aliphatic rings. The van der Waals surface area contributed by atoms with E-state index in [1.54, 1.807) is 0 Å². The minimum absolute atomic E-state index is 0.513. The normalized spacial score (nSPS) is 15.3. The predicted molar refractivity (Wildman–Crippen MR) is 95.1 cm³/mol. The van der Waals surface area contributed by atoms with E-state index < -0.39 is 8.07 Å². The van der Waals surface area contributed by atoms with Gasteiger partial charge in [0.05, 0.1) is 5.52 Å². The predicted octanol–water partition coefficient (Wildman–Crippen LogP) is 3.14. The van der Waals surface area contributed by atoms with E-state index in [9.17, 15) is 0 Å². The average molecular weight is 318 g/mol. The molecule has 0 spiro atoms. The summed E-state index contributed by atoms with van der Waals surface area (Å²) in [6.07, 6.45) is 1.24. The summed E-state index contributed by atoms with van der Waals surface area (Å²) in [6, 6.07) is 7.18. The Kier molecular flexibility index (Phi) is 4.14. The number of hydrogen-bond donors (Lipinski definition) is 1. The second kappa shape index (κ2) is 5.93. The first kappa shape index (κ1) is 15.4.